The van der Waals surface area contributed by atoms with Crippen molar-refractivity contribution in [1.82, 2.24) is 14.5 Å². The van der Waals surface area contributed by atoms with Gasteiger partial charge in [-0.3, -0.25) is 9.36 Å². The second-order valence-corrected chi connectivity index (χ2v) is 11.5. The highest BCUT2D eigenvalue weighted by molar-refractivity contribution is 5.85. The molecule has 3 N–H and O–H groups in total. The third kappa shape index (κ3) is 7.98. The van der Waals surface area contributed by atoms with Gasteiger partial charge in [0.05, 0.1) is 16.6 Å². The lowest BCUT2D eigenvalue weighted by molar-refractivity contribution is 0.0638. The van der Waals surface area contributed by atoms with Crippen molar-refractivity contribution in [3.8, 4) is 5.69 Å². The van der Waals surface area contributed by atoms with E-state index in [-0.39, 0.29) is 23.8 Å². The van der Waals surface area contributed by atoms with Gasteiger partial charge in [-0.25, -0.2) is 9.37 Å². The standard InChI is InChI=1S/C21H27NO.C16H14FN3O.ClH/c23-21(19-11-4-1-5-12-19,20-13-6-2-7-14-20)15-10-18-22-16-8-3-9-17-22;1-10-4-2-3-5-14(10)20-15(9-17)19-13-7-6-11(18)8-12(13)16(20)21;/h1-2,4-7,11-14,23H,3,8-10,15-18H2;2-8H,9,18H2,1H3;1H. The molecule has 236 valence electrons. The zero-order chi connectivity index (χ0) is 30.9. The van der Waals surface area contributed by atoms with Gasteiger partial charge in [-0.15, -0.1) is 12.4 Å². The molecular weight excluding hydrogens is 587 g/mol. The Hall–Kier alpha value is -4.04. The van der Waals surface area contributed by atoms with E-state index in [1.165, 1.54) is 36.9 Å². The molecule has 2 heterocycles. The van der Waals surface area contributed by atoms with Crippen molar-refractivity contribution >= 4 is 29.0 Å². The third-order valence-electron chi connectivity index (χ3n) is 8.40. The predicted molar refractivity (Wildman–Crippen MR) is 184 cm³/mol. The molecule has 1 aliphatic rings. The fourth-order valence-electron chi connectivity index (χ4n) is 6.03. The Balaban J connectivity index is 0.000000201. The summed E-state index contributed by atoms with van der Waals surface area (Å²) in [6, 6.07) is 32.3. The van der Waals surface area contributed by atoms with E-state index in [1.54, 1.807) is 30.3 Å². The number of aromatic nitrogens is 2. The lowest BCUT2D eigenvalue weighted by Crippen LogP contribution is -2.33. The first-order chi connectivity index (χ1) is 21.4. The quantitative estimate of drug-likeness (QED) is 0.176. The fraction of sp³-hybridized carbons (Fsp3) is 0.297. The summed E-state index contributed by atoms with van der Waals surface area (Å²) in [6.07, 6.45) is 5.79. The molecular formula is C37H42ClFN4O2. The molecule has 0 bridgehead atoms. The number of nitrogens with two attached hydrogens (primary N) is 1. The molecule has 1 saturated heterocycles. The first kappa shape index (κ1) is 33.8. The molecule has 4 aromatic carbocycles. The lowest BCUT2D eigenvalue weighted by atomic mass is 9.82. The SMILES string of the molecule is Cc1ccccc1-n1c(CF)nc2ccc(N)cc2c1=O.Cl.OC(CCCN1CCCCC1)(c1ccccc1)c1ccccc1. The third-order valence-corrected chi connectivity index (χ3v) is 8.40. The van der Waals surface area contributed by atoms with Crippen LogP contribution in [-0.2, 0) is 12.3 Å². The van der Waals surface area contributed by atoms with Gasteiger partial charge in [-0.05, 0) is 93.2 Å². The Morgan fingerprint density at radius 3 is 2.07 bits per heavy atom. The van der Waals surface area contributed by atoms with Crippen molar-refractivity contribution in [2.45, 2.75) is 51.3 Å². The van der Waals surface area contributed by atoms with Gasteiger partial charge in [0.15, 0.2) is 0 Å². The number of aliphatic hydroxyl groups is 1. The fourth-order valence-corrected chi connectivity index (χ4v) is 6.03. The van der Waals surface area contributed by atoms with E-state index in [2.05, 4.69) is 9.88 Å². The van der Waals surface area contributed by atoms with Crippen molar-refractivity contribution in [2.24, 2.45) is 0 Å². The summed E-state index contributed by atoms with van der Waals surface area (Å²) in [4.78, 5) is 19.5. The minimum Gasteiger partial charge on any atom is -0.399 e. The highest BCUT2D eigenvalue weighted by Crippen LogP contribution is 2.34. The summed E-state index contributed by atoms with van der Waals surface area (Å²) in [5, 5.41) is 11.8. The second kappa shape index (κ2) is 15.8. The van der Waals surface area contributed by atoms with Gasteiger partial charge in [-0.1, -0.05) is 85.3 Å². The Bertz CT molecular complexity index is 1680. The summed E-state index contributed by atoms with van der Waals surface area (Å²) < 4.78 is 14.7. The van der Waals surface area contributed by atoms with Gasteiger partial charge in [-0.2, -0.15) is 0 Å². The first-order valence-electron chi connectivity index (χ1n) is 15.4. The van der Waals surface area contributed by atoms with Crippen molar-refractivity contribution in [3.05, 3.63) is 136 Å². The molecule has 6 rings (SSSR count). The molecule has 5 aromatic rings. The number of halogens is 2. The highest BCUT2D eigenvalue weighted by Gasteiger charge is 2.31. The Labute approximate surface area is 270 Å². The van der Waals surface area contributed by atoms with E-state index in [0.717, 1.165) is 36.1 Å². The summed E-state index contributed by atoms with van der Waals surface area (Å²) in [6.45, 7) is 4.57. The first-order valence-corrected chi connectivity index (χ1v) is 15.4. The van der Waals surface area contributed by atoms with Crippen LogP contribution in [0, 0.1) is 6.92 Å². The summed E-state index contributed by atoms with van der Waals surface area (Å²) in [7, 11) is 0. The van der Waals surface area contributed by atoms with Gasteiger partial charge < -0.3 is 15.7 Å². The number of nitrogens with zero attached hydrogens (tertiary/aromatic N) is 3. The van der Waals surface area contributed by atoms with Crippen molar-refractivity contribution < 1.29 is 9.50 Å². The Kier molecular flexibility index (Phi) is 11.9. The smallest absolute Gasteiger partial charge is 0.266 e. The van der Waals surface area contributed by atoms with Crippen molar-refractivity contribution in [3.63, 3.8) is 0 Å². The van der Waals surface area contributed by atoms with E-state index in [4.69, 9.17) is 5.73 Å². The van der Waals surface area contributed by atoms with Gasteiger partial charge in [0, 0.05) is 5.69 Å². The minimum atomic E-state index is -0.891. The van der Waals surface area contributed by atoms with Crippen LogP contribution in [0.5, 0.6) is 0 Å². The van der Waals surface area contributed by atoms with E-state index in [9.17, 15) is 14.3 Å². The normalized spacial score (nSPS) is 13.5. The minimum absolute atomic E-state index is 0. The number of aryl methyl sites for hydroxylation is 1. The number of rotatable bonds is 8. The average molecular weight is 629 g/mol. The number of hydrogen-bond donors (Lipinski definition) is 2. The molecule has 6 nitrogen and oxygen atoms in total. The molecule has 0 spiro atoms. The van der Waals surface area contributed by atoms with Crippen LogP contribution in [0.2, 0.25) is 0 Å². The van der Waals surface area contributed by atoms with Crippen LogP contribution in [0.25, 0.3) is 16.6 Å². The van der Waals surface area contributed by atoms with Crippen LogP contribution in [-0.4, -0.2) is 39.2 Å². The Morgan fingerprint density at radius 2 is 1.47 bits per heavy atom. The second-order valence-electron chi connectivity index (χ2n) is 11.5. The van der Waals surface area contributed by atoms with E-state index in [0.29, 0.717) is 22.3 Å². The largest absolute Gasteiger partial charge is 0.399 e. The molecule has 0 unspecified atom stereocenters. The van der Waals surface area contributed by atoms with Crippen LogP contribution in [0.4, 0.5) is 10.1 Å². The summed E-state index contributed by atoms with van der Waals surface area (Å²) in [5.74, 6) is 0.0894. The van der Waals surface area contributed by atoms with Gasteiger partial charge in [0.1, 0.15) is 18.1 Å². The maximum absolute atomic E-state index is 13.3. The van der Waals surface area contributed by atoms with Crippen LogP contribution in [0.3, 0.4) is 0 Å². The van der Waals surface area contributed by atoms with Crippen LogP contribution in [0.1, 0.15) is 54.6 Å². The summed E-state index contributed by atoms with van der Waals surface area (Å²) >= 11 is 0. The molecule has 0 atom stereocenters. The lowest BCUT2D eigenvalue weighted by Gasteiger charge is -2.32. The molecule has 1 aromatic heterocycles. The highest BCUT2D eigenvalue weighted by atomic mass is 35.5. The predicted octanol–water partition coefficient (Wildman–Crippen LogP) is 7.36. The topological polar surface area (TPSA) is 84.4 Å². The molecule has 8 heteroatoms. The maximum Gasteiger partial charge on any atom is 0.266 e. The molecule has 0 aliphatic carbocycles. The van der Waals surface area contributed by atoms with Gasteiger partial charge >= 0.3 is 0 Å². The van der Waals surface area contributed by atoms with Crippen LogP contribution in [0.15, 0.2) is 108 Å². The molecule has 0 radical (unpaired) electrons. The van der Waals surface area contributed by atoms with E-state index < -0.39 is 12.3 Å². The number of piperidine rings is 1. The number of fused-ring (bicyclic) bond motifs is 1. The van der Waals surface area contributed by atoms with E-state index >= 15 is 0 Å². The number of benzene rings is 4. The van der Waals surface area contributed by atoms with Crippen LogP contribution < -0.4 is 11.3 Å². The molecule has 0 amide bonds. The number of likely N-dealkylation sites (tertiary alicyclic amines) is 1. The molecule has 1 fully saturated rings. The zero-order valence-electron chi connectivity index (χ0n) is 25.7. The molecule has 1 aliphatic heterocycles. The number of alkyl halides is 1. The number of hydrogen-bond acceptors (Lipinski definition) is 5. The average Bonchev–Trinajstić information content (AvgIpc) is 3.07. The number of anilines is 1. The summed E-state index contributed by atoms with van der Waals surface area (Å²) in [5.41, 5.74) is 8.95. The van der Waals surface area contributed by atoms with Crippen molar-refractivity contribution in [2.75, 3.05) is 25.4 Å². The molecule has 45 heavy (non-hydrogen) atoms. The monoisotopic (exact) mass is 628 g/mol. The van der Waals surface area contributed by atoms with Crippen LogP contribution >= 0.6 is 12.4 Å². The van der Waals surface area contributed by atoms with Crippen molar-refractivity contribution in [1.29, 1.82) is 0 Å². The maximum atomic E-state index is 13.3. The molecule has 0 saturated carbocycles. The number of para-hydroxylation sites is 1. The Morgan fingerprint density at radius 1 is 0.867 bits per heavy atom. The zero-order valence-corrected chi connectivity index (χ0v) is 26.6. The van der Waals surface area contributed by atoms with Gasteiger partial charge in [0.2, 0.25) is 0 Å². The number of nitrogen functional groups attached to an aromatic ring is 1. The van der Waals surface area contributed by atoms with E-state index in [1.807, 2.05) is 79.7 Å². The van der Waals surface area contributed by atoms with Gasteiger partial charge in [0.25, 0.3) is 5.56 Å².